The molecule has 0 bridgehead atoms. The summed E-state index contributed by atoms with van der Waals surface area (Å²) < 4.78 is 5.39. The average Bonchev–Trinajstić information content (AvgIpc) is 2.37. The summed E-state index contributed by atoms with van der Waals surface area (Å²) in [5.41, 5.74) is 10.1. The highest BCUT2D eigenvalue weighted by Crippen LogP contribution is 2.34. The van der Waals surface area contributed by atoms with Crippen molar-refractivity contribution >= 4 is 5.69 Å². The van der Waals surface area contributed by atoms with Gasteiger partial charge in [0.05, 0.1) is 7.11 Å². The zero-order valence-electron chi connectivity index (χ0n) is 11.5. The Labute approximate surface area is 113 Å². The van der Waals surface area contributed by atoms with Gasteiger partial charge < -0.3 is 15.6 Å². The van der Waals surface area contributed by atoms with E-state index in [0.717, 1.165) is 22.3 Å². The fourth-order valence-electron chi connectivity index (χ4n) is 2.35. The van der Waals surface area contributed by atoms with E-state index in [9.17, 15) is 5.11 Å². The number of aliphatic hydroxyl groups excluding tert-OH is 1. The van der Waals surface area contributed by atoms with Gasteiger partial charge in [-0.1, -0.05) is 18.2 Å². The van der Waals surface area contributed by atoms with E-state index in [-0.39, 0.29) is 0 Å². The van der Waals surface area contributed by atoms with Crippen molar-refractivity contribution < 1.29 is 9.84 Å². The number of nitrogen functional groups attached to an aromatic ring is 1. The monoisotopic (exact) mass is 257 g/mol. The molecule has 0 aliphatic carbocycles. The molecule has 0 aliphatic rings. The summed E-state index contributed by atoms with van der Waals surface area (Å²) >= 11 is 0. The van der Waals surface area contributed by atoms with E-state index in [2.05, 4.69) is 0 Å². The number of aryl methyl sites for hydroxylation is 2. The van der Waals surface area contributed by atoms with Gasteiger partial charge in [-0.25, -0.2) is 0 Å². The lowest BCUT2D eigenvalue weighted by atomic mass is 9.95. The van der Waals surface area contributed by atoms with Crippen molar-refractivity contribution in [2.45, 2.75) is 20.0 Å². The SMILES string of the molecule is COc1cc(C)cc(C)c1C(O)c1cccc(N)c1. The third-order valence-corrected chi connectivity index (χ3v) is 3.21. The van der Waals surface area contributed by atoms with Crippen LogP contribution >= 0.6 is 0 Å². The molecule has 0 fully saturated rings. The van der Waals surface area contributed by atoms with E-state index in [1.807, 2.05) is 38.1 Å². The van der Waals surface area contributed by atoms with Gasteiger partial charge in [0.15, 0.2) is 0 Å². The molecule has 1 atom stereocenters. The molecule has 0 radical (unpaired) electrons. The van der Waals surface area contributed by atoms with Crippen molar-refractivity contribution in [2.24, 2.45) is 0 Å². The fourth-order valence-corrected chi connectivity index (χ4v) is 2.35. The minimum absolute atomic E-state index is 0.639. The number of hydrogen-bond donors (Lipinski definition) is 2. The number of aliphatic hydroxyl groups is 1. The Morgan fingerprint density at radius 1 is 1.16 bits per heavy atom. The lowest BCUT2D eigenvalue weighted by Gasteiger charge is -2.19. The molecule has 100 valence electrons. The van der Waals surface area contributed by atoms with Gasteiger partial charge in [0.25, 0.3) is 0 Å². The molecule has 0 saturated carbocycles. The van der Waals surface area contributed by atoms with Crippen LogP contribution in [0.25, 0.3) is 0 Å². The summed E-state index contributed by atoms with van der Waals surface area (Å²) in [5.74, 6) is 0.701. The van der Waals surface area contributed by atoms with Gasteiger partial charge in [0.1, 0.15) is 11.9 Å². The Balaban J connectivity index is 2.52. The van der Waals surface area contributed by atoms with Gasteiger partial charge in [0.2, 0.25) is 0 Å². The first kappa shape index (κ1) is 13.4. The first-order valence-electron chi connectivity index (χ1n) is 6.21. The number of hydrogen-bond acceptors (Lipinski definition) is 3. The van der Waals surface area contributed by atoms with E-state index in [4.69, 9.17) is 10.5 Å². The van der Waals surface area contributed by atoms with E-state index < -0.39 is 6.10 Å². The van der Waals surface area contributed by atoms with Crippen molar-refractivity contribution in [1.82, 2.24) is 0 Å². The summed E-state index contributed by atoms with van der Waals surface area (Å²) in [4.78, 5) is 0. The largest absolute Gasteiger partial charge is 0.496 e. The molecule has 2 aromatic carbocycles. The maximum absolute atomic E-state index is 10.6. The summed E-state index contributed by atoms with van der Waals surface area (Å²) in [6.07, 6.45) is -0.737. The van der Waals surface area contributed by atoms with Crippen molar-refractivity contribution in [3.63, 3.8) is 0 Å². The van der Waals surface area contributed by atoms with Gasteiger partial charge in [-0.3, -0.25) is 0 Å². The number of rotatable bonds is 3. The molecule has 3 nitrogen and oxygen atoms in total. The van der Waals surface area contributed by atoms with Crippen LogP contribution in [0.1, 0.15) is 28.4 Å². The molecular weight excluding hydrogens is 238 g/mol. The Morgan fingerprint density at radius 2 is 1.89 bits per heavy atom. The zero-order valence-corrected chi connectivity index (χ0v) is 11.5. The second-order valence-corrected chi connectivity index (χ2v) is 4.77. The van der Waals surface area contributed by atoms with Crippen molar-refractivity contribution in [1.29, 1.82) is 0 Å². The topological polar surface area (TPSA) is 55.5 Å². The minimum Gasteiger partial charge on any atom is -0.496 e. The third kappa shape index (κ3) is 2.71. The molecule has 0 heterocycles. The normalized spacial score (nSPS) is 12.2. The van der Waals surface area contributed by atoms with Crippen molar-refractivity contribution in [3.05, 3.63) is 58.7 Å². The van der Waals surface area contributed by atoms with E-state index in [0.29, 0.717) is 11.4 Å². The smallest absolute Gasteiger partial charge is 0.125 e. The number of benzene rings is 2. The Bertz CT molecular complexity index is 593. The predicted molar refractivity (Wildman–Crippen MR) is 77.4 cm³/mol. The first-order chi connectivity index (χ1) is 9.02. The van der Waals surface area contributed by atoms with Gasteiger partial charge in [-0.15, -0.1) is 0 Å². The lowest BCUT2D eigenvalue weighted by molar-refractivity contribution is 0.214. The molecule has 0 aliphatic heterocycles. The van der Waals surface area contributed by atoms with Gasteiger partial charge >= 0.3 is 0 Å². The number of nitrogens with two attached hydrogens (primary N) is 1. The molecule has 1 unspecified atom stereocenters. The highest BCUT2D eigenvalue weighted by molar-refractivity contribution is 5.50. The van der Waals surface area contributed by atoms with Crippen LogP contribution in [0.2, 0.25) is 0 Å². The lowest BCUT2D eigenvalue weighted by Crippen LogP contribution is -2.06. The number of anilines is 1. The second-order valence-electron chi connectivity index (χ2n) is 4.77. The van der Waals surface area contributed by atoms with Crippen LogP contribution in [0.4, 0.5) is 5.69 Å². The Hall–Kier alpha value is -2.00. The van der Waals surface area contributed by atoms with E-state index in [1.54, 1.807) is 19.2 Å². The second kappa shape index (κ2) is 5.33. The minimum atomic E-state index is -0.737. The molecule has 0 aromatic heterocycles. The van der Waals surface area contributed by atoms with Crippen LogP contribution in [0.5, 0.6) is 5.75 Å². The van der Waals surface area contributed by atoms with Crippen molar-refractivity contribution in [2.75, 3.05) is 12.8 Å². The highest BCUT2D eigenvalue weighted by Gasteiger charge is 2.18. The zero-order chi connectivity index (χ0) is 14.0. The maximum atomic E-state index is 10.6. The highest BCUT2D eigenvalue weighted by atomic mass is 16.5. The third-order valence-electron chi connectivity index (χ3n) is 3.21. The molecule has 2 aromatic rings. The predicted octanol–water partition coefficient (Wildman–Crippen LogP) is 2.98. The van der Waals surface area contributed by atoms with Crippen LogP contribution in [0.15, 0.2) is 36.4 Å². The van der Waals surface area contributed by atoms with Crippen LogP contribution < -0.4 is 10.5 Å². The summed E-state index contributed by atoms with van der Waals surface area (Å²) in [6.45, 7) is 3.98. The molecule has 3 heteroatoms. The Kier molecular flexibility index (Phi) is 3.76. The molecule has 19 heavy (non-hydrogen) atoms. The van der Waals surface area contributed by atoms with E-state index >= 15 is 0 Å². The number of methoxy groups -OCH3 is 1. The fraction of sp³-hybridized carbons (Fsp3) is 0.250. The van der Waals surface area contributed by atoms with Crippen LogP contribution in [-0.4, -0.2) is 12.2 Å². The molecular formula is C16H19NO2. The summed E-state index contributed by atoms with van der Waals surface area (Å²) in [6, 6.07) is 11.2. The number of ether oxygens (including phenoxy) is 1. The quantitative estimate of drug-likeness (QED) is 0.831. The average molecular weight is 257 g/mol. The Morgan fingerprint density at radius 3 is 2.53 bits per heavy atom. The summed E-state index contributed by atoms with van der Waals surface area (Å²) in [5, 5.41) is 10.6. The van der Waals surface area contributed by atoms with Gasteiger partial charge in [-0.05, 0) is 48.7 Å². The van der Waals surface area contributed by atoms with Crippen LogP contribution in [0.3, 0.4) is 0 Å². The van der Waals surface area contributed by atoms with E-state index in [1.165, 1.54) is 0 Å². The van der Waals surface area contributed by atoms with Crippen LogP contribution in [-0.2, 0) is 0 Å². The molecule has 3 N–H and O–H groups in total. The van der Waals surface area contributed by atoms with Gasteiger partial charge in [-0.2, -0.15) is 0 Å². The van der Waals surface area contributed by atoms with Gasteiger partial charge in [0, 0.05) is 11.3 Å². The molecule has 0 amide bonds. The summed E-state index contributed by atoms with van der Waals surface area (Å²) in [7, 11) is 1.61. The van der Waals surface area contributed by atoms with Crippen LogP contribution in [0, 0.1) is 13.8 Å². The first-order valence-corrected chi connectivity index (χ1v) is 6.21. The molecule has 2 rings (SSSR count). The standard InChI is InChI=1S/C16H19NO2/c1-10-7-11(2)15(14(8-10)19-3)16(18)12-5-4-6-13(17)9-12/h4-9,16,18H,17H2,1-3H3. The molecule has 0 saturated heterocycles. The van der Waals surface area contributed by atoms with Crippen molar-refractivity contribution in [3.8, 4) is 5.75 Å². The molecule has 0 spiro atoms. The maximum Gasteiger partial charge on any atom is 0.125 e.